The Hall–Kier alpha value is -1.71. The van der Waals surface area contributed by atoms with Crippen molar-refractivity contribution in [2.24, 2.45) is 0 Å². The molecule has 15 heavy (non-hydrogen) atoms. The molecule has 0 aliphatic rings. The summed E-state index contributed by atoms with van der Waals surface area (Å²) >= 11 is 0. The van der Waals surface area contributed by atoms with Gasteiger partial charge < -0.3 is 15.5 Å². The third kappa shape index (κ3) is 3.16. The molecule has 1 unspecified atom stereocenters. The van der Waals surface area contributed by atoms with Crippen LogP contribution in [-0.2, 0) is 0 Å². The Balaban J connectivity index is 2.70. The van der Waals surface area contributed by atoms with Gasteiger partial charge in [0, 0.05) is 6.54 Å². The van der Waals surface area contributed by atoms with E-state index in [2.05, 4.69) is 15.5 Å². The Labute approximate surface area is 87.2 Å². The van der Waals surface area contributed by atoms with Crippen molar-refractivity contribution < 1.29 is 10.2 Å². The van der Waals surface area contributed by atoms with Crippen LogP contribution in [0.3, 0.4) is 0 Å². The second-order valence-corrected chi connectivity index (χ2v) is 3.41. The minimum Gasteiger partial charge on any atom is -0.393 e. The quantitative estimate of drug-likeness (QED) is 0.616. The fourth-order valence-electron chi connectivity index (χ4n) is 0.883. The van der Waals surface area contributed by atoms with E-state index in [1.54, 1.807) is 0 Å². The summed E-state index contributed by atoms with van der Waals surface area (Å²) in [6.07, 6.45) is 1.41. The molecular formula is C9H12N4O2. The summed E-state index contributed by atoms with van der Waals surface area (Å²) in [7, 11) is 0. The largest absolute Gasteiger partial charge is 0.393 e. The van der Waals surface area contributed by atoms with E-state index < -0.39 is 5.60 Å². The number of hydrogen-bond acceptors (Lipinski definition) is 6. The molecule has 0 amide bonds. The lowest BCUT2D eigenvalue weighted by Gasteiger charge is -2.20. The topological polar surface area (TPSA) is 102 Å². The van der Waals surface area contributed by atoms with Crippen LogP contribution in [-0.4, -0.2) is 39.2 Å². The molecule has 0 saturated heterocycles. The number of nitrogens with zero attached hydrogens (tertiary/aromatic N) is 3. The number of nitrogens with one attached hydrogen (secondary N) is 1. The Kier molecular flexibility index (Phi) is 3.55. The van der Waals surface area contributed by atoms with Gasteiger partial charge in [-0.15, -0.1) is 5.10 Å². The van der Waals surface area contributed by atoms with Gasteiger partial charge in [0.25, 0.3) is 0 Å². The first-order chi connectivity index (χ1) is 7.09. The van der Waals surface area contributed by atoms with Crippen LogP contribution in [0, 0.1) is 11.3 Å². The molecular weight excluding hydrogens is 196 g/mol. The molecule has 0 saturated carbocycles. The number of aromatic nitrogens is 2. The number of anilines is 1. The van der Waals surface area contributed by atoms with Gasteiger partial charge >= 0.3 is 0 Å². The van der Waals surface area contributed by atoms with E-state index in [-0.39, 0.29) is 13.2 Å². The molecule has 80 valence electrons. The molecule has 1 aromatic heterocycles. The van der Waals surface area contributed by atoms with Crippen LogP contribution in [0.5, 0.6) is 0 Å². The standard InChI is InChI=1S/C9H12N4O2/c1-9(15,6-14)5-11-8-7(4-10)2-3-12-13-8/h2-3,14-15H,5-6H2,1H3,(H,11,13). The maximum Gasteiger partial charge on any atom is 0.166 e. The highest BCUT2D eigenvalue weighted by molar-refractivity contribution is 5.50. The van der Waals surface area contributed by atoms with Crippen molar-refractivity contribution in [2.75, 3.05) is 18.5 Å². The van der Waals surface area contributed by atoms with Gasteiger partial charge in [0.05, 0.1) is 18.4 Å². The predicted molar refractivity (Wildman–Crippen MR) is 52.9 cm³/mol. The van der Waals surface area contributed by atoms with Gasteiger partial charge in [0.15, 0.2) is 5.82 Å². The molecule has 0 spiro atoms. The number of hydrogen-bond donors (Lipinski definition) is 3. The highest BCUT2D eigenvalue weighted by atomic mass is 16.3. The molecule has 0 bridgehead atoms. The zero-order chi connectivity index (χ0) is 11.3. The molecule has 3 N–H and O–H groups in total. The number of rotatable bonds is 4. The lowest BCUT2D eigenvalue weighted by atomic mass is 10.1. The lowest BCUT2D eigenvalue weighted by molar-refractivity contribution is 0.0131. The van der Waals surface area contributed by atoms with Gasteiger partial charge in [-0.05, 0) is 13.0 Å². The van der Waals surface area contributed by atoms with Gasteiger partial charge in [0.1, 0.15) is 11.7 Å². The van der Waals surface area contributed by atoms with Crippen molar-refractivity contribution >= 4 is 5.82 Å². The second kappa shape index (κ2) is 4.68. The first-order valence-electron chi connectivity index (χ1n) is 4.38. The smallest absolute Gasteiger partial charge is 0.166 e. The van der Waals surface area contributed by atoms with Crippen LogP contribution in [0.2, 0.25) is 0 Å². The minimum absolute atomic E-state index is 0.0941. The molecule has 1 atom stereocenters. The zero-order valence-corrected chi connectivity index (χ0v) is 8.30. The predicted octanol–water partition coefficient (Wildman–Crippen LogP) is -0.497. The normalized spacial score (nSPS) is 14.0. The van der Waals surface area contributed by atoms with Crippen LogP contribution >= 0.6 is 0 Å². The molecule has 6 heteroatoms. The van der Waals surface area contributed by atoms with Crippen LogP contribution in [0.25, 0.3) is 0 Å². The monoisotopic (exact) mass is 208 g/mol. The van der Waals surface area contributed by atoms with Crippen molar-refractivity contribution in [1.82, 2.24) is 10.2 Å². The number of nitriles is 1. The molecule has 0 aliphatic carbocycles. The number of aliphatic hydroxyl groups is 2. The minimum atomic E-state index is -1.25. The SMILES string of the molecule is CC(O)(CO)CNc1nnccc1C#N. The van der Waals surface area contributed by atoms with Gasteiger partial charge in [0.2, 0.25) is 0 Å². The average molecular weight is 208 g/mol. The van der Waals surface area contributed by atoms with Crippen molar-refractivity contribution in [1.29, 1.82) is 5.26 Å². The van der Waals surface area contributed by atoms with E-state index in [0.29, 0.717) is 11.4 Å². The summed E-state index contributed by atoms with van der Waals surface area (Å²) < 4.78 is 0. The van der Waals surface area contributed by atoms with E-state index in [4.69, 9.17) is 10.4 Å². The van der Waals surface area contributed by atoms with Crippen LogP contribution in [0.4, 0.5) is 5.82 Å². The van der Waals surface area contributed by atoms with E-state index >= 15 is 0 Å². The number of aliphatic hydroxyl groups excluding tert-OH is 1. The molecule has 0 aliphatic heterocycles. The first-order valence-corrected chi connectivity index (χ1v) is 4.38. The van der Waals surface area contributed by atoms with Crippen molar-refractivity contribution in [3.8, 4) is 6.07 Å². The van der Waals surface area contributed by atoms with Gasteiger partial charge in [-0.1, -0.05) is 0 Å². The third-order valence-electron chi connectivity index (χ3n) is 1.82. The molecule has 1 aromatic rings. The van der Waals surface area contributed by atoms with E-state index in [1.165, 1.54) is 19.2 Å². The maximum atomic E-state index is 9.50. The van der Waals surface area contributed by atoms with Crippen LogP contribution < -0.4 is 5.32 Å². The summed E-state index contributed by atoms with van der Waals surface area (Å²) in [5.41, 5.74) is -0.900. The van der Waals surface area contributed by atoms with E-state index in [9.17, 15) is 5.11 Å². The summed E-state index contributed by atoms with van der Waals surface area (Å²) in [5, 5.41) is 37.1. The van der Waals surface area contributed by atoms with Crippen LogP contribution in [0.15, 0.2) is 12.3 Å². The summed E-state index contributed by atoms with van der Waals surface area (Å²) in [4.78, 5) is 0. The van der Waals surface area contributed by atoms with Crippen LogP contribution in [0.1, 0.15) is 12.5 Å². The maximum absolute atomic E-state index is 9.50. The Morgan fingerprint density at radius 2 is 2.40 bits per heavy atom. The lowest BCUT2D eigenvalue weighted by Crippen LogP contribution is -2.37. The van der Waals surface area contributed by atoms with Gasteiger partial charge in [-0.3, -0.25) is 0 Å². The fraction of sp³-hybridized carbons (Fsp3) is 0.444. The van der Waals surface area contributed by atoms with Gasteiger partial charge in [-0.2, -0.15) is 10.4 Å². The van der Waals surface area contributed by atoms with E-state index in [1.807, 2.05) is 6.07 Å². The highest BCUT2D eigenvalue weighted by Gasteiger charge is 2.19. The Bertz CT molecular complexity index is 373. The van der Waals surface area contributed by atoms with Gasteiger partial charge in [-0.25, -0.2) is 0 Å². The highest BCUT2D eigenvalue weighted by Crippen LogP contribution is 2.10. The van der Waals surface area contributed by atoms with Crippen molar-refractivity contribution in [2.45, 2.75) is 12.5 Å². The summed E-state index contributed by atoms with van der Waals surface area (Å²) in [5.74, 6) is 0.300. The second-order valence-electron chi connectivity index (χ2n) is 3.41. The van der Waals surface area contributed by atoms with E-state index in [0.717, 1.165) is 0 Å². The molecule has 1 rings (SSSR count). The average Bonchev–Trinajstić information content (AvgIpc) is 2.27. The fourth-order valence-corrected chi connectivity index (χ4v) is 0.883. The molecule has 6 nitrogen and oxygen atoms in total. The Morgan fingerprint density at radius 1 is 1.67 bits per heavy atom. The molecule has 0 aromatic carbocycles. The summed E-state index contributed by atoms with van der Waals surface area (Å²) in [6, 6.07) is 3.46. The van der Waals surface area contributed by atoms with Crippen molar-refractivity contribution in [3.05, 3.63) is 17.8 Å². The zero-order valence-electron chi connectivity index (χ0n) is 8.30. The third-order valence-corrected chi connectivity index (χ3v) is 1.82. The summed E-state index contributed by atoms with van der Waals surface area (Å²) in [6.45, 7) is 1.20. The molecule has 0 fully saturated rings. The van der Waals surface area contributed by atoms with Crippen molar-refractivity contribution in [3.63, 3.8) is 0 Å². The Morgan fingerprint density at radius 3 is 3.00 bits per heavy atom. The first kappa shape index (κ1) is 11.4. The molecule has 0 radical (unpaired) electrons. The molecule has 1 heterocycles.